The average molecular weight is 375 g/mol. The Kier molecular flexibility index (Phi) is 4.69. The smallest absolute Gasteiger partial charge is 0.253 e. The summed E-state index contributed by atoms with van der Waals surface area (Å²) in [6.45, 7) is 2.07. The third kappa shape index (κ3) is 3.34. The molecule has 2 N–H and O–H groups in total. The summed E-state index contributed by atoms with van der Waals surface area (Å²) < 4.78 is 16.5. The number of aromatic amines is 1. The zero-order chi connectivity index (χ0) is 18.1. The van der Waals surface area contributed by atoms with Crippen molar-refractivity contribution in [1.82, 2.24) is 15.2 Å². The molecule has 0 unspecified atom stereocenters. The van der Waals surface area contributed by atoms with Crippen molar-refractivity contribution < 1.29 is 14.2 Å². The Morgan fingerprint density at radius 1 is 1.35 bits per heavy atom. The minimum absolute atomic E-state index is 0.132. The number of pyridine rings is 1. The van der Waals surface area contributed by atoms with E-state index in [0.717, 1.165) is 30.4 Å². The molecule has 138 valence electrons. The van der Waals surface area contributed by atoms with Crippen LogP contribution in [0.3, 0.4) is 0 Å². The number of nitrogens with zero attached hydrogens (tertiary/aromatic N) is 1. The van der Waals surface area contributed by atoms with Gasteiger partial charge in [0.25, 0.3) is 5.56 Å². The normalized spacial score (nSPS) is 18.3. The molecule has 2 aliphatic rings. The van der Waals surface area contributed by atoms with Gasteiger partial charge in [0.1, 0.15) is 0 Å². The molecule has 1 saturated heterocycles. The van der Waals surface area contributed by atoms with Crippen molar-refractivity contribution in [3.05, 3.63) is 34.1 Å². The second-order valence-electron chi connectivity index (χ2n) is 6.49. The van der Waals surface area contributed by atoms with Crippen molar-refractivity contribution in [2.24, 2.45) is 0 Å². The highest BCUT2D eigenvalue weighted by atomic mass is 32.1. The van der Waals surface area contributed by atoms with E-state index in [1.54, 1.807) is 13.1 Å². The van der Waals surface area contributed by atoms with E-state index in [1.165, 1.54) is 0 Å². The number of rotatable bonds is 4. The number of ether oxygens (including phenoxy) is 3. The van der Waals surface area contributed by atoms with Crippen LogP contribution in [0.25, 0.3) is 10.9 Å². The van der Waals surface area contributed by atoms with Crippen LogP contribution in [0, 0.1) is 0 Å². The number of aromatic nitrogens is 1. The fourth-order valence-electron chi connectivity index (χ4n) is 3.38. The highest BCUT2D eigenvalue weighted by Gasteiger charge is 2.22. The summed E-state index contributed by atoms with van der Waals surface area (Å²) in [5, 5.41) is 4.50. The lowest BCUT2D eigenvalue weighted by molar-refractivity contribution is 0.0898. The van der Waals surface area contributed by atoms with Crippen molar-refractivity contribution in [3.63, 3.8) is 0 Å². The lowest BCUT2D eigenvalue weighted by atomic mass is 10.1. The van der Waals surface area contributed by atoms with Crippen molar-refractivity contribution >= 4 is 28.2 Å². The molecular weight excluding hydrogens is 354 g/mol. The zero-order valence-electron chi connectivity index (χ0n) is 14.5. The van der Waals surface area contributed by atoms with Gasteiger partial charge in [-0.15, -0.1) is 0 Å². The molecule has 1 atom stereocenters. The molecule has 2 aromatic rings. The highest BCUT2D eigenvalue weighted by molar-refractivity contribution is 7.80. The molecule has 1 aromatic heterocycles. The van der Waals surface area contributed by atoms with E-state index in [4.69, 9.17) is 26.4 Å². The first-order valence-electron chi connectivity index (χ1n) is 8.68. The van der Waals surface area contributed by atoms with Gasteiger partial charge in [-0.3, -0.25) is 4.79 Å². The predicted molar refractivity (Wildman–Crippen MR) is 102 cm³/mol. The monoisotopic (exact) mass is 375 g/mol. The molecule has 0 saturated carbocycles. The standard InChI is InChI=1S/C18H21N3O4S/c1-19-18(26)21(9-13-3-2-4-23-13)8-12-5-11-6-15-16(25-10-24-15)7-14(11)20-17(12)22/h5-7,13H,2-4,8-10H2,1H3,(H,19,26)(H,20,22)/t13-/m1/s1. The first kappa shape index (κ1) is 17.1. The van der Waals surface area contributed by atoms with Crippen molar-refractivity contribution in [1.29, 1.82) is 0 Å². The minimum atomic E-state index is -0.132. The maximum Gasteiger partial charge on any atom is 0.253 e. The molecule has 0 amide bonds. The average Bonchev–Trinajstić information content (AvgIpc) is 3.30. The van der Waals surface area contributed by atoms with Crippen molar-refractivity contribution in [3.8, 4) is 11.5 Å². The number of nitrogens with one attached hydrogen (secondary N) is 2. The molecule has 7 nitrogen and oxygen atoms in total. The SMILES string of the molecule is CNC(=S)N(Cc1cc2cc3c(cc2[nH]c1=O)OCO3)C[C@H]1CCCO1. The number of hydrogen-bond donors (Lipinski definition) is 2. The summed E-state index contributed by atoms with van der Waals surface area (Å²) in [5.41, 5.74) is 1.24. The summed E-state index contributed by atoms with van der Waals surface area (Å²) in [6, 6.07) is 5.57. The van der Waals surface area contributed by atoms with E-state index < -0.39 is 0 Å². The van der Waals surface area contributed by atoms with Crippen LogP contribution in [0.5, 0.6) is 11.5 Å². The van der Waals surface area contributed by atoms with E-state index in [9.17, 15) is 4.79 Å². The molecule has 1 fully saturated rings. The maximum atomic E-state index is 12.6. The van der Waals surface area contributed by atoms with Crippen molar-refractivity contribution in [2.45, 2.75) is 25.5 Å². The Morgan fingerprint density at radius 2 is 2.15 bits per heavy atom. The van der Waals surface area contributed by atoms with E-state index in [-0.39, 0.29) is 18.5 Å². The summed E-state index contributed by atoms with van der Waals surface area (Å²) in [5.74, 6) is 1.34. The van der Waals surface area contributed by atoms with Gasteiger partial charge in [0.15, 0.2) is 16.6 Å². The molecular formula is C18H21N3O4S. The van der Waals surface area contributed by atoms with Gasteiger partial charge in [-0.25, -0.2) is 0 Å². The van der Waals surface area contributed by atoms with E-state index in [0.29, 0.717) is 35.3 Å². The van der Waals surface area contributed by atoms with Gasteiger partial charge in [0, 0.05) is 37.2 Å². The molecule has 0 bridgehead atoms. The largest absolute Gasteiger partial charge is 0.454 e. The van der Waals surface area contributed by atoms with Crippen LogP contribution in [0.4, 0.5) is 0 Å². The molecule has 4 rings (SSSR count). The molecule has 8 heteroatoms. The van der Waals surface area contributed by atoms with Gasteiger partial charge in [0.05, 0.1) is 18.2 Å². The lowest BCUT2D eigenvalue weighted by Crippen LogP contribution is -2.42. The molecule has 3 heterocycles. The third-order valence-electron chi connectivity index (χ3n) is 4.72. The molecule has 0 aliphatic carbocycles. The lowest BCUT2D eigenvalue weighted by Gasteiger charge is -2.27. The van der Waals surface area contributed by atoms with Gasteiger partial charge >= 0.3 is 0 Å². The van der Waals surface area contributed by atoms with Crippen LogP contribution in [0.2, 0.25) is 0 Å². The number of H-pyrrole nitrogens is 1. The topological polar surface area (TPSA) is 75.8 Å². The van der Waals surface area contributed by atoms with Gasteiger partial charge in [-0.1, -0.05) is 0 Å². The summed E-state index contributed by atoms with van der Waals surface area (Å²) in [6.07, 6.45) is 2.23. The molecule has 26 heavy (non-hydrogen) atoms. The number of thiocarbonyl (C=S) groups is 1. The van der Waals surface area contributed by atoms with Crippen LogP contribution < -0.4 is 20.3 Å². The van der Waals surface area contributed by atoms with Crippen LogP contribution in [-0.4, -0.2) is 48.1 Å². The minimum Gasteiger partial charge on any atom is -0.454 e. The number of hydrogen-bond acceptors (Lipinski definition) is 5. The van der Waals surface area contributed by atoms with Gasteiger partial charge in [-0.05, 0) is 37.2 Å². The summed E-state index contributed by atoms with van der Waals surface area (Å²) in [4.78, 5) is 17.5. The fraction of sp³-hybridized carbons (Fsp3) is 0.444. The number of fused-ring (bicyclic) bond motifs is 2. The van der Waals surface area contributed by atoms with Gasteiger partial charge in [0.2, 0.25) is 6.79 Å². The number of benzene rings is 1. The van der Waals surface area contributed by atoms with Crippen molar-refractivity contribution in [2.75, 3.05) is 27.0 Å². The highest BCUT2D eigenvalue weighted by Crippen LogP contribution is 2.35. The van der Waals surface area contributed by atoms with E-state index >= 15 is 0 Å². The third-order valence-corrected chi connectivity index (χ3v) is 5.19. The van der Waals surface area contributed by atoms with Crippen LogP contribution >= 0.6 is 12.2 Å². The Morgan fingerprint density at radius 3 is 2.88 bits per heavy atom. The molecule has 2 aliphatic heterocycles. The summed E-state index contributed by atoms with van der Waals surface area (Å²) >= 11 is 5.43. The summed E-state index contributed by atoms with van der Waals surface area (Å²) in [7, 11) is 1.79. The molecule has 0 radical (unpaired) electrons. The Labute approximate surface area is 156 Å². The van der Waals surface area contributed by atoms with E-state index in [1.807, 2.05) is 17.0 Å². The van der Waals surface area contributed by atoms with Gasteiger partial charge in [-0.2, -0.15) is 0 Å². The van der Waals surface area contributed by atoms with Crippen LogP contribution in [-0.2, 0) is 11.3 Å². The zero-order valence-corrected chi connectivity index (χ0v) is 15.4. The Hall–Kier alpha value is -2.32. The van der Waals surface area contributed by atoms with Gasteiger partial charge < -0.3 is 29.4 Å². The Balaban J connectivity index is 1.63. The predicted octanol–water partition coefficient (Wildman–Crippen LogP) is 1.74. The molecule has 1 aromatic carbocycles. The van der Waals surface area contributed by atoms with Crippen LogP contribution in [0.1, 0.15) is 18.4 Å². The Bertz CT molecular complexity index is 892. The second kappa shape index (κ2) is 7.13. The molecule has 0 spiro atoms. The van der Waals surface area contributed by atoms with Crippen LogP contribution in [0.15, 0.2) is 23.0 Å². The first-order chi connectivity index (χ1) is 12.6. The quantitative estimate of drug-likeness (QED) is 0.789. The second-order valence-corrected chi connectivity index (χ2v) is 6.87. The first-order valence-corrected chi connectivity index (χ1v) is 9.08. The van der Waals surface area contributed by atoms with E-state index in [2.05, 4.69) is 10.3 Å². The fourth-order valence-corrected chi connectivity index (χ4v) is 3.51. The maximum absolute atomic E-state index is 12.6.